The summed E-state index contributed by atoms with van der Waals surface area (Å²) in [6, 6.07) is 22.3. The van der Waals surface area contributed by atoms with Gasteiger partial charge >= 0.3 is 0 Å². The van der Waals surface area contributed by atoms with Gasteiger partial charge in [0.1, 0.15) is 6.04 Å². The van der Waals surface area contributed by atoms with E-state index in [-0.39, 0.29) is 11.9 Å². The van der Waals surface area contributed by atoms with Gasteiger partial charge < -0.3 is 10.2 Å². The molecule has 0 saturated heterocycles. The van der Waals surface area contributed by atoms with E-state index in [1.54, 1.807) is 0 Å². The lowest BCUT2D eigenvalue weighted by atomic mass is 10.1. The van der Waals surface area contributed by atoms with Crippen molar-refractivity contribution in [1.29, 1.82) is 0 Å². The largest absolute Gasteiger partial charge is 0.359 e. The highest BCUT2D eigenvalue weighted by atomic mass is 16.2. The number of carbonyl (C=O) groups is 1. The summed E-state index contributed by atoms with van der Waals surface area (Å²) >= 11 is 0. The van der Waals surface area contributed by atoms with Crippen LogP contribution in [0.1, 0.15) is 12.5 Å². The number of benzene rings is 3. The Bertz CT molecular complexity index is 903. The van der Waals surface area contributed by atoms with Gasteiger partial charge in [0.15, 0.2) is 0 Å². The molecule has 0 aromatic heterocycles. The molecule has 0 bridgehead atoms. The van der Waals surface area contributed by atoms with Gasteiger partial charge in [-0.15, -0.1) is 0 Å². The summed E-state index contributed by atoms with van der Waals surface area (Å²) < 4.78 is 0. The van der Waals surface area contributed by atoms with Gasteiger partial charge in [-0.3, -0.25) is 4.79 Å². The van der Waals surface area contributed by atoms with Gasteiger partial charge in [0, 0.05) is 17.9 Å². The minimum absolute atomic E-state index is 0.0296. The zero-order valence-corrected chi connectivity index (χ0v) is 13.7. The van der Waals surface area contributed by atoms with Gasteiger partial charge in [-0.05, 0) is 47.9 Å². The number of nitrogens with one attached hydrogen (secondary N) is 1. The molecule has 0 aliphatic carbocycles. The Morgan fingerprint density at radius 2 is 1.75 bits per heavy atom. The molecule has 0 fully saturated rings. The van der Waals surface area contributed by atoms with Crippen molar-refractivity contribution in [2.24, 2.45) is 0 Å². The molecule has 1 N–H and O–H groups in total. The highest BCUT2D eigenvalue weighted by molar-refractivity contribution is 5.98. The number of hydrogen-bond donors (Lipinski definition) is 1. The Labute approximate surface area is 141 Å². The summed E-state index contributed by atoms with van der Waals surface area (Å²) in [7, 11) is 0. The molecule has 0 unspecified atom stereocenters. The van der Waals surface area contributed by atoms with Gasteiger partial charge in [-0.2, -0.15) is 0 Å². The fourth-order valence-corrected chi connectivity index (χ4v) is 3.42. The van der Waals surface area contributed by atoms with E-state index < -0.39 is 0 Å². The number of nitrogens with zero attached hydrogens (tertiary/aromatic N) is 1. The third-order valence-electron chi connectivity index (χ3n) is 4.79. The molecular weight excluding hydrogens is 296 g/mol. The molecular formula is C21H20N2O. The number of hydrogen-bond acceptors (Lipinski definition) is 2. The second-order valence-corrected chi connectivity index (χ2v) is 6.30. The summed E-state index contributed by atoms with van der Waals surface area (Å²) in [6.45, 7) is 2.87. The van der Waals surface area contributed by atoms with Crippen LogP contribution in [0.25, 0.3) is 10.8 Å². The van der Waals surface area contributed by atoms with E-state index in [9.17, 15) is 4.79 Å². The Kier molecular flexibility index (Phi) is 3.69. The van der Waals surface area contributed by atoms with Crippen molar-refractivity contribution < 1.29 is 4.79 Å². The molecule has 120 valence electrons. The van der Waals surface area contributed by atoms with Gasteiger partial charge in [-0.1, -0.05) is 48.5 Å². The lowest BCUT2D eigenvalue weighted by molar-refractivity contribution is -0.117. The van der Waals surface area contributed by atoms with Crippen molar-refractivity contribution in [2.45, 2.75) is 19.4 Å². The minimum Gasteiger partial charge on any atom is -0.359 e. The lowest BCUT2D eigenvalue weighted by Crippen LogP contribution is -2.41. The van der Waals surface area contributed by atoms with Gasteiger partial charge in [0.25, 0.3) is 0 Å². The minimum atomic E-state index is -0.194. The van der Waals surface area contributed by atoms with Crippen LogP contribution in [0.2, 0.25) is 0 Å². The molecule has 24 heavy (non-hydrogen) atoms. The molecule has 0 radical (unpaired) electrons. The predicted molar refractivity (Wildman–Crippen MR) is 99.5 cm³/mol. The summed E-state index contributed by atoms with van der Waals surface area (Å²) in [5, 5.41) is 5.37. The average Bonchev–Trinajstić information content (AvgIpc) is 3.05. The van der Waals surface area contributed by atoms with Gasteiger partial charge in [-0.25, -0.2) is 0 Å². The van der Waals surface area contributed by atoms with Gasteiger partial charge in [0.2, 0.25) is 5.91 Å². The van der Waals surface area contributed by atoms with E-state index in [1.807, 2.05) is 43.3 Å². The number of para-hydroxylation sites is 1. The fourth-order valence-electron chi connectivity index (χ4n) is 3.42. The van der Waals surface area contributed by atoms with E-state index in [2.05, 4.69) is 40.5 Å². The molecule has 3 aromatic rings. The molecule has 3 nitrogen and oxygen atoms in total. The molecule has 3 aromatic carbocycles. The number of amides is 1. The molecule has 1 atom stereocenters. The molecule has 0 saturated carbocycles. The number of carbonyl (C=O) groups excluding carboxylic acids is 1. The fraction of sp³-hybridized carbons (Fsp3) is 0.190. The number of anilines is 2. The first-order valence-corrected chi connectivity index (χ1v) is 8.36. The molecule has 1 amide bonds. The molecule has 4 rings (SSSR count). The van der Waals surface area contributed by atoms with Crippen molar-refractivity contribution in [2.75, 3.05) is 16.8 Å². The number of rotatable bonds is 3. The van der Waals surface area contributed by atoms with E-state index in [1.165, 1.54) is 16.6 Å². The SMILES string of the molecule is C[C@H](C(=O)Nc1ccc2ccccc2c1)N1CCc2ccccc21. The van der Waals surface area contributed by atoms with Crippen LogP contribution in [-0.4, -0.2) is 18.5 Å². The summed E-state index contributed by atoms with van der Waals surface area (Å²) in [6.07, 6.45) is 1.00. The normalized spacial score (nSPS) is 14.5. The third kappa shape index (κ3) is 2.62. The molecule has 1 aliphatic heterocycles. The second kappa shape index (κ2) is 6.00. The standard InChI is InChI=1S/C21H20N2O/c1-15(23-13-12-17-7-4-5-9-20(17)23)21(24)22-19-11-10-16-6-2-3-8-18(16)14-19/h2-11,14-15H,12-13H2,1H3,(H,22,24)/t15-/m1/s1. The summed E-state index contributed by atoms with van der Waals surface area (Å²) in [4.78, 5) is 14.9. The highest BCUT2D eigenvalue weighted by Crippen LogP contribution is 2.29. The summed E-state index contributed by atoms with van der Waals surface area (Å²) in [5.74, 6) is 0.0296. The van der Waals surface area contributed by atoms with Crippen molar-refractivity contribution in [3.05, 3.63) is 72.3 Å². The third-order valence-corrected chi connectivity index (χ3v) is 4.79. The second-order valence-electron chi connectivity index (χ2n) is 6.30. The maximum absolute atomic E-state index is 12.7. The molecule has 1 heterocycles. The van der Waals surface area contributed by atoms with E-state index in [0.717, 1.165) is 24.0 Å². The van der Waals surface area contributed by atoms with Crippen LogP contribution in [0.4, 0.5) is 11.4 Å². The first kappa shape index (κ1) is 14.8. The Hall–Kier alpha value is -2.81. The Morgan fingerprint density at radius 3 is 2.62 bits per heavy atom. The van der Waals surface area contributed by atoms with Crippen LogP contribution in [0.5, 0.6) is 0 Å². The summed E-state index contributed by atoms with van der Waals surface area (Å²) in [5.41, 5.74) is 3.35. The maximum atomic E-state index is 12.7. The van der Waals surface area contributed by atoms with Crippen LogP contribution in [0, 0.1) is 0 Å². The first-order valence-electron chi connectivity index (χ1n) is 8.36. The van der Waals surface area contributed by atoms with E-state index in [4.69, 9.17) is 0 Å². The van der Waals surface area contributed by atoms with E-state index >= 15 is 0 Å². The smallest absolute Gasteiger partial charge is 0.246 e. The van der Waals surface area contributed by atoms with Crippen molar-refractivity contribution in [3.63, 3.8) is 0 Å². The quantitative estimate of drug-likeness (QED) is 0.784. The Balaban J connectivity index is 1.53. The van der Waals surface area contributed by atoms with Crippen LogP contribution < -0.4 is 10.2 Å². The van der Waals surface area contributed by atoms with Crippen LogP contribution in [0.15, 0.2) is 66.7 Å². The van der Waals surface area contributed by atoms with Crippen molar-refractivity contribution in [1.82, 2.24) is 0 Å². The predicted octanol–water partition coefficient (Wildman–Crippen LogP) is 4.23. The lowest BCUT2D eigenvalue weighted by Gasteiger charge is -2.26. The maximum Gasteiger partial charge on any atom is 0.246 e. The number of fused-ring (bicyclic) bond motifs is 2. The van der Waals surface area contributed by atoms with Crippen LogP contribution in [0.3, 0.4) is 0 Å². The van der Waals surface area contributed by atoms with Crippen molar-refractivity contribution in [3.8, 4) is 0 Å². The zero-order chi connectivity index (χ0) is 16.5. The Morgan fingerprint density at radius 1 is 1.00 bits per heavy atom. The molecule has 1 aliphatic rings. The highest BCUT2D eigenvalue weighted by Gasteiger charge is 2.27. The molecule has 0 spiro atoms. The first-order chi connectivity index (χ1) is 11.7. The van der Waals surface area contributed by atoms with Crippen LogP contribution >= 0.6 is 0 Å². The van der Waals surface area contributed by atoms with Crippen molar-refractivity contribution >= 4 is 28.1 Å². The zero-order valence-electron chi connectivity index (χ0n) is 13.7. The molecule has 3 heteroatoms. The monoisotopic (exact) mass is 316 g/mol. The topological polar surface area (TPSA) is 32.3 Å². The van der Waals surface area contributed by atoms with Gasteiger partial charge in [0.05, 0.1) is 0 Å². The van der Waals surface area contributed by atoms with E-state index in [0.29, 0.717) is 0 Å². The average molecular weight is 316 g/mol. The van der Waals surface area contributed by atoms with Crippen LogP contribution in [-0.2, 0) is 11.2 Å².